The molecule has 0 unspecified atom stereocenters. The number of rotatable bonds is 3. The summed E-state index contributed by atoms with van der Waals surface area (Å²) in [7, 11) is 0. The van der Waals surface area contributed by atoms with Crippen LogP contribution in [0.5, 0.6) is 0 Å². The number of aromatic nitrogens is 4. The van der Waals surface area contributed by atoms with Crippen LogP contribution in [0, 0.1) is 0 Å². The van der Waals surface area contributed by atoms with Crippen LogP contribution >= 0.6 is 0 Å². The fourth-order valence-electron chi connectivity index (χ4n) is 2.06. The summed E-state index contributed by atoms with van der Waals surface area (Å²) in [5.74, 6) is 0. The van der Waals surface area contributed by atoms with E-state index >= 15 is 0 Å². The van der Waals surface area contributed by atoms with E-state index in [9.17, 15) is 0 Å². The van der Waals surface area contributed by atoms with E-state index in [0.717, 1.165) is 11.1 Å². The smallest absolute Gasteiger partial charge is 0.139 e. The van der Waals surface area contributed by atoms with E-state index in [2.05, 4.69) is 39.8 Å². The fraction of sp³-hybridized carbons (Fsp3) is 0.0714. The van der Waals surface area contributed by atoms with Gasteiger partial charge >= 0.3 is 0 Å². The molecule has 0 aliphatic rings. The molecule has 1 heterocycles. The maximum Gasteiger partial charge on any atom is 0.139 e. The lowest BCUT2D eigenvalue weighted by Gasteiger charge is -2.17. The van der Waals surface area contributed by atoms with Crippen molar-refractivity contribution in [3.8, 4) is 0 Å². The van der Waals surface area contributed by atoms with Crippen molar-refractivity contribution < 1.29 is 0 Å². The molecule has 0 N–H and O–H groups in total. The zero-order chi connectivity index (χ0) is 12.2. The third kappa shape index (κ3) is 2.00. The Bertz CT molecular complexity index is 551. The maximum atomic E-state index is 4.02. The van der Waals surface area contributed by atoms with Gasteiger partial charge in [0.2, 0.25) is 0 Å². The Morgan fingerprint density at radius 2 is 1.33 bits per heavy atom. The van der Waals surface area contributed by atoms with Crippen LogP contribution in [-0.2, 0) is 0 Å². The number of benzene rings is 2. The van der Waals surface area contributed by atoms with Crippen LogP contribution < -0.4 is 0 Å². The highest BCUT2D eigenvalue weighted by Gasteiger charge is 2.16. The van der Waals surface area contributed by atoms with Crippen molar-refractivity contribution in [1.82, 2.24) is 20.2 Å². The van der Waals surface area contributed by atoms with Gasteiger partial charge < -0.3 is 0 Å². The summed E-state index contributed by atoms with van der Waals surface area (Å²) in [6.45, 7) is 0. The Morgan fingerprint density at radius 3 is 1.78 bits per heavy atom. The molecule has 0 aliphatic carbocycles. The first-order chi connectivity index (χ1) is 8.95. The van der Waals surface area contributed by atoms with Crippen LogP contribution in [0.4, 0.5) is 0 Å². The Kier molecular flexibility index (Phi) is 2.84. The minimum absolute atomic E-state index is 0.0161. The molecule has 0 radical (unpaired) electrons. The van der Waals surface area contributed by atoms with Crippen molar-refractivity contribution >= 4 is 0 Å². The molecule has 2 aromatic carbocycles. The Balaban J connectivity index is 2.11. The summed E-state index contributed by atoms with van der Waals surface area (Å²) in [6, 6.07) is 20.5. The Labute approximate surface area is 105 Å². The molecule has 0 amide bonds. The molecule has 88 valence electrons. The average molecular weight is 236 g/mol. The molecule has 0 bridgehead atoms. The highest BCUT2D eigenvalue weighted by Crippen LogP contribution is 2.24. The van der Waals surface area contributed by atoms with Crippen LogP contribution in [0.2, 0.25) is 0 Å². The summed E-state index contributed by atoms with van der Waals surface area (Å²) in [4.78, 5) is 0. The van der Waals surface area contributed by atoms with Crippen LogP contribution in [-0.4, -0.2) is 20.2 Å². The van der Waals surface area contributed by atoms with E-state index in [1.54, 1.807) is 11.0 Å². The standard InChI is InChI=1S/C14H12N4/c1-3-7-12(8-4-1)14(18-11-15-16-17-18)13-9-5-2-6-10-13/h1-11,14H. The largest absolute Gasteiger partial charge is 0.221 e. The normalized spacial score (nSPS) is 10.7. The van der Waals surface area contributed by atoms with Gasteiger partial charge in [-0.2, -0.15) is 0 Å². The molecule has 4 heteroatoms. The van der Waals surface area contributed by atoms with Crippen molar-refractivity contribution in [3.63, 3.8) is 0 Å². The Morgan fingerprint density at radius 1 is 0.778 bits per heavy atom. The van der Waals surface area contributed by atoms with Gasteiger partial charge in [-0.25, -0.2) is 4.68 Å². The zero-order valence-corrected chi connectivity index (χ0v) is 9.72. The van der Waals surface area contributed by atoms with Gasteiger partial charge in [0.1, 0.15) is 12.4 Å². The summed E-state index contributed by atoms with van der Waals surface area (Å²) >= 11 is 0. The van der Waals surface area contributed by atoms with Gasteiger partial charge in [-0.1, -0.05) is 60.7 Å². The van der Waals surface area contributed by atoms with Crippen molar-refractivity contribution in [3.05, 3.63) is 78.1 Å². The lowest BCUT2D eigenvalue weighted by atomic mass is 9.99. The lowest BCUT2D eigenvalue weighted by molar-refractivity contribution is 0.571. The molecule has 0 saturated carbocycles. The van der Waals surface area contributed by atoms with E-state index in [4.69, 9.17) is 0 Å². The van der Waals surface area contributed by atoms with Gasteiger partial charge in [0.05, 0.1) is 0 Å². The molecule has 0 atom stereocenters. The summed E-state index contributed by atoms with van der Waals surface area (Å²) in [5, 5.41) is 11.5. The Hall–Kier alpha value is -2.49. The molecule has 3 rings (SSSR count). The number of hydrogen-bond acceptors (Lipinski definition) is 3. The summed E-state index contributed by atoms with van der Waals surface area (Å²) < 4.78 is 1.77. The second-order valence-corrected chi connectivity index (χ2v) is 4.01. The van der Waals surface area contributed by atoms with Crippen LogP contribution in [0.3, 0.4) is 0 Å². The molecule has 0 spiro atoms. The minimum atomic E-state index is 0.0161. The van der Waals surface area contributed by atoms with Crippen molar-refractivity contribution in [2.45, 2.75) is 6.04 Å². The molecule has 1 aromatic heterocycles. The van der Waals surface area contributed by atoms with Crippen LogP contribution in [0.15, 0.2) is 67.0 Å². The highest BCUT2D eigenvalue weighted by atomic mass is 15.5. The average Bonchev–Trinajstić information content (AvgIpc) is 2.95. The molecule has 0 saturated heterocycles. The van der Waals surface area contributed by atoms with E-state index in [1.807, 2.05) is 36.4 Å². The molecule has 18 heavy (non-hydrogen) atoms. The van der Waals surface area contributed by atoms with Gasteiger partial charge in [0.25, 0.3) is 0 Å². The molecule has 0 aliphatic heterocycles. The second kappa shape index (κ2) is 4.79. The first-order valence-corrected chi connectivity index (χ1v) is 5.77. The maximum absolute atomic E-state index is 4.02. The van der Waals surface area contributed by atoms with Gasteiger partial charge in [-0.05, 0) is 21.6 Å². The quantitative estimate of drug-likeness (QED) is 0.701. The van der Waals surface area contributed by atoms with E-state index < -0.39 is 0 Å². The van der Waals surface area contributed by atoms with Gasteiger partial charge in [-0.15, -0.1) is 5.10 Å². The predicted molar refractivity (Wildman–Crippen MR) is 67.9 cm³/mol. The predicted octanol–water partition coefficient (Wildman–Crippen LogP) is 2.31. The van der Waals surface area contributed by atoms with E-state index in [1.165, 1.54) is 0 Å². The molecule has 4 nitrogen and oxygen atoms in total. The molecular weight excluding hydrogens is 224 g/mol. The second-order valence-electron chi connectivity index (χ2n) is 4.01. The SMILES string of the molecule is c1ccc(C(c2ccccc2)n2cnnn2)cc1. The van der Waals surface area contributed by atoms with Crippen molar-refractivity contribution in [2.24, 2.45) is 0 Å². The van der Waals surface area contributed by atoms with Crippen LogP contribution in [0.25, 0.3) is 0 Å². The first-order valence-electron chi connectivity index (χ1n) is 5.77. The molecule has 0 fully saturated rings. The number of hydrogen-bond donors (Lipinski definition) is 0. The zero-order valence-electron chi connectivity index (χ0n) is 9.72. The van der Waals surface area contributed by atoms with Crippen molar-refractivity contribution in [2.75, 3.05) is 0 Å². The minimum Gasteiger partial charge on any atom is -0.221 e. The summed E-state index contributed by atoms with van der Waals surface area (Å²) in [6.07, 6.45) is 1.64. The summed E-state index contributed by atoms with van der Waals surface area (Å²) in [5.41, 5.74) is 2.33. The van der Waals surface area contributed by atoms with Gasteiger partial charge in [0.15, 0.2) is 0 Å². The highest BCUT2D eigenvalue weighted by molar-refractivity contribution is 5.31. The number of nitrogens with zero attached hydrogens (tertiary/aromatic N) is 4. The number of tetrazole rings is 1. The molecule has 3 aromatic rings. The monoisotopic (exact) mass is 236 g/mol. The van der Waals surface area contributed by atoms with Gasteiger partial charge in [-0.3, -0.25) is 0 Å². The fourth-order valence-corrected chi connectivity index (χ4v) is 2.06. The van der Waals surface area contributed by atoms with Crippen LogP contribution in [0.1, 0.15) is 17.2 Å². The van der Waals surface area contributed by atoms with Crippen molar-refractivity contribution in [1.29, 1.82) is 0 Å². The first kappa shape index (κ1) is 10.7. The molecular formula is C14H12N4. The van der Waals surface area contributed by atoms with E-state index in [0.29, 0.717) is 0 Å². The lowest BCUT2D eigenvalue weighted by Crippen LogP contribution is -2.13. The van der Waals surface area contributed by atoms with Gasteiger partial charge in [0, 0.05) is 0 Å². The third-order valence-corrected chi connectivity index (χ3v) is 2.86. The topological polar surface area (TPSA) is 43.6 Å². The van der Waals surface area contributed by atoms with E-state index in [-0.39, 0.29) is 6.04 Å². The third-order valence-electron chi connectivity index (χ3n) is 2.86.